The third-order valence-electron chi connectivity index (χ3n) is 6.58. The molecule has 2 aromatic carbocycles. The monoisotopic (exact) mass is 578 g/mol. The van der Waals surface area contributed by atoms with Crippen molar-refractivity contribution < 1.29 is 37.0 Å². The van der Waals surface area contributed by atoms with Gasteiger partial charge in [0, 0.05) is 45.5 Å². The number of halogens is 3. The maximum Gasteiger partial charge on any atom is 0.416 e. The Hall–Kier alpha value is -3.96. The number of fused-ring (bicyclic) bond motifs is 1. The van der Waals surface area contributed by atoms with Crippen molar-refractivity contribution >= 4 is 23.8 Å². The number of carbonyl (C=O) groups excluding carboxylic acids is 3. The molecule has 2 aromatic rings. The summed E-state index contributed by atoms with van der Waals surface area (Å²) < 4.78 is 51.2. The Morgan fingerprint density at radius 2 is 1.73 bits per heavy atom. The highest BCUT2D eigenvalue weighted by Crippen LogP contribution is 2.32. The first-order chi connectivity index (χ1) is 19.2. The lowest BCUT2D eigenvalue weighted by Gasteiger charge is -2.30. The van der Waals surface area contributed by atoms with E-state index in [1.807, 2.05) is 12.1 Å². The quantitative estimate of drug-likeness (QED) is 0.467. The molecule has 9 nitrogen and oxygen atoms in total. The van der Waals surface area contributed by atoms with Crippen LogP contribution in [0, 0.1) is 0 Å². The molecular formula is C29H37F3N4O5. The number of nitrogens with one attached hydrogen (secondary N) is 1. The number of carbonyl (C=O) groups is 3. The van der Waals surface area contributed by atoms with Gasteiger partial charge in [-0.2, -0.15) is 13.2 Å². The molecule has 0 aromatic heterocycles. The van der Waals surface area contributed by atoms with Crippen molar-refractivity contribution in [1.82, 2.24) is 14.7 Å². The number of hydrogen-bond acceptors (Lipinski definition) is 6. The molecule has 0 atom stereocenters. The van der Waals surface area contributed by atoms with Crippen LogP contribution in [0.5, 0.6) is 0 Å². The lowest BCUT2D eigenvalue weighted by molar-refractivity contribution is -0.139. The summed E-state index contributed by atoms with van der Waals surface area (Å²) in [6.45, 7) is 5.56. The van der Waals surface area contributed by atoms with Crippen molar-refractivity contribution in [3.05, 3.63) is 64.7 Å². The maximum atomic E-state index is 13.7. The van der Waals surface area contributed by atoms with E-state index < -0.39 is 35.4 Å². The van der Waals surface area contributed by atoms with Gasteiger partial charge in [-0.15, -0.1) is 0 Å². The molecular weight excluding hydrogens is 541 g/mol. The molecule has 0 saturated heterocycles. The molecule has 3 amide bonds. The molecule has 0 unspecified atom stereocenters. The summed E-state index contributed by atoms with van der Waals surface area (Å²) in [4.78, 5) is 42.0. The number of rotatable bonds is 8. The molecule has 3 rings (SSSR count). The van der Waals surface area contributed by atoms with Crippen LogP contribution >= 0.6 is 0 Å². The Labute approximate surface area is 238 Å². The molecule has 41 heavy (non-hydrogen) atoms. The molecule has 1 N–H and O–H groups in total. The second-order valence-electron chi connectivity index (χ2n) is 10.8. The van der Waals surface area contributed by atoms with Crippen LogP contribution in [0.3, 0.4) is 0 Å². The van der Waals surface area contributed by atoms with Crippen molar-refractivity contribution in [1.29, 1.82) is 0 Å². The van der Waals surface area contributed by atoms with Gasteiger partial charge in [0.1, 0.15) is 5.60 Å². The summed E-state index contributed by atoms with van der Waals surface area (Å²) in [6, 6.07) is 10.6. The van der Waals surface area contributed by atoms with Gasteiger partial charge in [-0.05, 0) is 56.0 Å². The van der Waals surface area contributed by atoms with E-state index in [4.69, 9.17) is 9.47 Å². The number of amides is 3. The zero-order valence-corrected chi connectivity index (χ0v) is 24.0. The van der Waals surface area contributed by atoms with E-state index in [1.54, 1.807) is 31.7 Å². The standard InChI is InChI=1S/C29H37F3N4O5/c1-28(2,3)41-26(38)34(4)15-16-35(19-21-9-6-7-11-23(21)29(30,31)32)25(37)17-33-24-12-8-10-20-18-36(27(39)40-5)14-13-22(20)24/h6-12,33H,13-19H2,1-5H3. The minimum atomic E-state index is -4.59. The number of anilines is 1. The average Bonchev–Trinajstić information content (AvgIpc) is 2.91. The van der Waals surface area contributed by atoms with Gasteiger partial charge in [0.25, 0.3) is 0 Å². The van der Waals surface area contributed by atoms with Crippen LogP contribution in [-0.4, -0.2) is 78.7 Å². The average molecular weight is 579 g/mol. The molecule has 0 bridgehead atoms. The topological polar surface area (TPSA) is 91.4 Å². The summed E-state index contributed by atoms with van der Waals surface area (Å²) in [5.41, 5.74) is 0.987. The summed E-state index contributed by atoms with van der Waals surface area (Å²) >= 11 is 0. The summed E-state index contributed by atoms with van der Waals surface area (Å²) in [6.07, 6.45) is -5.06. The highest BCUT2D eigenvalue weighted by Gasteiger charge is 2.34. The third kappa shape index (κ3) is 8.76. The lowest BCUT2D eigenvalue weighted by Crippen LogP contribution is -2.43. The highest BCUT2D eigenvalue weighted by molar-refractivity contribution is 5.81. The van der Waals surface area contributed by atoms with Crippen LogP contribution in [0.25, 0.3) is 0 Å². The van der Waals surface area contributed by atoms with E-state index in [2.05, 4.69) is 5.32 Å². The van der Waals surface area contributed by atoms with Gasteiger partial charge in [-0.1, -0.05) is 30.3 Å². The van der Waals surface area contributed by atoms with Crippen molar-refractivity contribution in [2.24, 2.45) is 0 Å². The fourth-order valence-corrected chi connectivity index (χ4v) is 4.48. The van der Waals surface area contributed by atoms with E-state index >= 15 is 0 Å². The van der Waals surface area contributed by atoms with Crippen LogP contribution in [0.4, 0.5) is 28.4 Å². The SMILES string of the molecule is COC(=O)N1CCc2c(cccc2NCC(=O)N(CCN(C)C(=O)OC(C)(C)C)Cc2ccccc2C(F)(F)F)C1. The zero-order valence-electron chi connectivity index (χ0n) is 24.0. The van der Waals surface area contributed by atoms with Gasteiger partial charge in [0.15, 0.2) is 0 Å². The smallest absolute Gasteiger partial charge is 0.416 e. The van der Waals surface area contributed by atoms with E-state index in [9.17, 15) is 27.6 Å². The van der Waals surface area contributed by atoms with E-state index in [0.717, 1.165) is 17.2 Å². The van der Waals surface area contributed by atoms with E-state index in [1.165, 1.54) is 42.2 Å². The van der Waals surface area contributed by atoms with Crippen LogP contribution < -0.4 is 5.32 Å². The van der Waals surface area contributed by atoms with E-state index in [0.29, 0.717) is 25.2 Å². The summed E-state index contributed by atoms with van der Waals surface area (Å²) in [5.74, 6) is -0.441. The molecule has 1 heterocycles. The van der Waals surface area contributed by atoms with Gasteiger partial charge in [0.2, 0.25) is 5.91 Å². The number of benzene rings is 2. The molecule has 0 saturated carbocycles. The van der Waals surface area contributed by atoms with Crippen molar-refractivity contribution in [3.8, 4) is 0 Å². The number of hydrogen-bond donors (Lipinski definition) is 1. The Bertz CT molecular complexity index is 1250. The molecule has 0 fully saturated rings. The number of likely N-dealkylation sites (N-methyl/N-ethyl adjacent to an activating group) is 1. The van der Waals surface area contributed by atoms with Gasteiger partial charge in [-0.25, -0.2) is 9.59 Å². The number of ether oxygens (including phenoxy) is 2. The largest absolute Gasteiger partial charge is 0.453 e. The van der Waals surface area contributed by atoms with Crippen LogP contribution in [0.2, 0.25) is 0 Å². The van der Waals surface area contributed by atoms with E-state index in [-0.39, 0.29) is 31.7 Å². The predicted octanol–water partition coefficient (Wildman–Crippen LogP) is 5.14. The first-order valence-corrected chi connectivity index (χ1v) is 13.2. The van der Waals surface area contributed by atoms with Crippen LogP contribution in [0.15, 0.2) is 42.5 Å². The molecule has 12 heteroatoms. The fraction of sp³-hybridized carbons (Fsp3) is 0.483. The molecule has 0 aliphatic carbocycles. The minimum absolute atomic E-state index is 0.0105. The Morgan fingerprint density at radius 1 is 1.02 bits per heavy atom. The van der Waals surface area contributed by atoms with Crippen molar-refractivity contribution in [3.63, 3.8) is 0 Å². The van der Waals surface area contributed by atoms with Gasteiger partial charge < -0.3 is 29.5 Å². The van der Waals surface area contributed by atoms with Crippen LogP contribution in [0.1, 0.15) is 43.0 Å². The molecule has 0 radical (unpaired) electrons. The number of nitrogens with zero attached hydrogens (tertiary/aromatic N) is 3. The fourth-order valence-electron chi connectivity index (χ4n) is 4.48. The normalized spacial score (nSPS) is 13.2. The molecule has 1 aliphatic heterocycles. The molecule has 0 spiro atoms. The van der Waals surface area contributed by atoms with Gasteiger partial charge in [-0.3, -0.25) is 4.79 Å². The second kappa shape index (κ2) is 13.1. The maximum absolute atomic E-state index is 13.7. The predicted molar refractivity (Wildman–Crippen MR) is 147 cm³/mol. The van der Waals surface area contributed by atoms with Crippen LogP contribution in [-0.2, 0) is 40.0 Å². The van der Waals surface area contributed by atoms with Crippen molar-refractivity contribution in [2.75, 3.05) is 45.7 Å². The molecule has 1 aliphatic rings. The number of alkyl halides is 3. The lowest BCUT2D eigenvalue weighted by atomic mass is 9.98. The minimum Gasteiger partial charge on any atom is -0.453 e. The second-order valence-corrected chi connectivity index (χ2v) is 10.8. The van der Waals surface area contributed by atoms with Gasteiger partial charge in [0.05, 0.1) is 19.2 Å². The third-order valence-corrected chi connectivity index (χ3v) is 6.58. The Balaban J connectivity index is 1.77. The molecule has 224 valence electrons. The summed E-state index contributed by atoms with van der Waals surface area (Å²) in [5, 5.41) is 3.13. The Morgan fingerprint density at radius 3 is 2.39 bits per heavy atom. The highest BCUT2D eigenvalue weighted by atomic mass is 19.4. The van der Waals surface area contributed by atoms with Crippen molar-refractivity contribution in [2.45, 2.75) is 52.1 Å². The zero-order chi connectivity index (χ0) is 30.4. The Kier molecular flexibility index (Phi) is 10.1. The first-order valence-electron chi connectivity index (χ1n) is 13.2. The summed E-state index contributed by atoms with van der Waals surface area (Å²) in [7, 11) is 2.83. The first kappa shape index (κ1) is 31.6. The van der Waals surface area contributed by atoms with Gasteiger partial charge >= 0.3 is 18.4 Å². The number of methoxy groups -OCH3 is 1.